The molecule has 1 aromatic rings. The number of hydrogen-bond donors (Lipinski definition) is 1. The fourth-order valence-corrected chi connectivity index (χ4v) is 2.44. The highest BCUT2D eigenvalue weighted by atomic mass is 16.5. The summed E-state index contributed by atoms with van der Waals surface area (Å²) in [7, 11) is 3.35. The standard InChI is InChI=1S/C13H23N3O3/c1-17-8-11(18-2)6-16-9-15-5-12(16)13(14)10-3-4-19-7-10/h5,9-11,13H,3-4,6-8,14H2,1-2H3. The summed E-state index contributed by atoms with van der Waals surface area (Å²) in [6, 6.07) is -0.0370. The van der Waals surface area contributed by atoms with Gasteiger partial charge in [-0.05, 0) is 6.42 Å². The number of hydrogen-bond acceptors (Lipinski definition) is 5. The first kappa shape index (κ1) is 14.5. The first-order chi connectivity index (χ1) is 9.26. The van der Waals surface area contributed by atoms with Crippen LogP contribution in [0.5, 0.6) is 0 Å². The van der Waals surface area contributed by atoms with Gasteiger partial charge in [0, 0.05) is 32.9 Å². The van der Waals surface area contributed by atoms with E-state index < -0.39 is 0 Å². The Kier molecular flexibility index (Phi) is 5.33. The van der Waals surface area contributed by atoms with Crippen LogP contribution in [0.15, 0.2) is 12.5 Å². The normalized spacial score (nSPS) is 22.6. The number of ether oxygens (including phenoxy) is 3. The molecule has 1 aliphatic rings. The smallest absolute Gasteiger partial charge is 0.0983 e. The van der Waals surface area contributed by atoms with Crippen molar-refractivity contribution in [1.82, 2.24) is 9.55 Å². The van der Waals surface area contributed by atoms with Crippen LogP contribution in [0.3, 0.4) is 0 Å². The maximum Gasteiger partial charge on any atom is 0.0983 e. The van der Waals surface area contributed by atoms with Crippen LogP contribution in [-0.2, 0) is 20.8 Å². The van der Waals surface area contributed by atoms with Crippen LogP contribution in [0.1, 0.15) is 18.2 Å². The molecular formula is C13H23N3O3. The number of nitrogens with two attached hydrogens (primary N) is 1. The van der Waals surface area contributed by atoms with Crippen molar-refractivity contribution in [3.8, 4) is 0 Å². The minimum Gasteiger partial charge on any atom is -0.382 e. The predicted octanol–water partition coefficient (Wildman–Crippen LogP) is 0.581. The van der Waals surface area contributed by atoms with Crippen molar-refractivity contribution in [2.24, 2.45) is 11.7 Å². The van der Waals surface area contributed by atoms with Gasteiger partial charge in [-0.25, -0.2) is 4.98 Å². The first-order valence-electron chi connectivity index (χ1n) is 6.61. The fraction of sp³-hybridized carbons (Fsp3) is 0.769. The van der Waals surface area contributed by atoms with Gasteiger partial charge in [0.15, 0.2) is 0 Å². The lowest BCUT2D eigenvalue weighted by molar-refractivity contribution is 0.0176. The molecule has 6 nitrogen and oxygen atoms in total. The van der Waals surface area contributed by atoms with Crippen molar-refractivity contribution in [2.45, 2.75) is 25.1 Å². The molecule has 0 aliphatic carbocycles. The van der Waals surface area contributed by atoms with E-state index in [0.717, 1.165) is 25.3 Å². The number of imidazole rings is 1. The van der Waals surface area contributed by atoms with Crippen molar-refractivity contribution in [3.05, 3.63) is 18.2 Å². The van der Waals surface area contributed by atoms with E-state index in [1.807, 2.05) is 6.20 Å². The third kappa shape index (κ3) is 3.54. The van der Waals surface area contributed by atoms with E-state index >= 15 is 0 Å². The molecule has 1 aromatic heterocycles. The zero-order valence-corrected chi connectivity index (χ0v) is 11.6. The maximum absolute atomic E-state index is 6.32. The summed E-state index contributed by atoms with van der Waals surface area (Å²) >= 11 is 0. The van der Waals surface area contributed by atoms with Gasteiger partial charge >= 0.3 is 0 Å². The summed E-state index contributed by atoms with van der Waals surface area (Å²) < 4.78 is 18.0. The quantitative estimate of drug-likeness (QED) is 0.784. The lowest BCUT2D eigenvalue weighted by Crippen LogP contribution is -2.28. The van der Waals surface area contributed by atoms with Gasteiger partial charge in [-0.1, -0.05) is 0 Å². The summed E-state index contributed by atoms with van der Waals surface area (Å²) in [4.78, 5) is 4.21. The van der Waals surface area contributed by atoms with E-state index in [-0.39, 0.29) is 12.1 Å². The average Bonchev–Trinajstić information content (AvgIpc) is 3.08. The molecule has 0 spiro atoms. The molecule has 0 aromatic carbocycles. The second kappa shape index (κ2) is 7.00. The van der Waals surface area contributed by atoms with Crippen LogP contribution in [0.2, 0.25) is 0 Å². The van der Waals surface area contributed by atoms with Gasteiger partial charge < -0.3 is 24.5 Å². The number of methoxy groups -OCH3 is 2. The minimum absolute atomic E-state index is 0.00461. The van der Waals surface area contributed by atoms with E-state index in [1.165, 1.54) is 0 Å². The molecule has 108 valence electrons. The molecule has 3 unspecified atom stereocenters. The highest BCUT2D eigenvalue weighted by Gasteiger charge is 2.26. The number of aromatic nitrogens is 2. The van der Waals surface area contributed by atoms with Gasteiger partial charge in [-0.2, -0.15) is 0 Å². The Morgan fingerprint density at radius 3 is 3.05 bits per heavy atom. The Hall–Kier alpha value is -0.950. The molecule has 3 atom stereocenters. The van der Waals surface area contributed by atoms with Crippen LogP contribution in [-0.4, -0.2) is 49.7 Å². The molecule has 2 rings (SSSR count). The molecule has 0 radical (unpaired) electrons. The average molecular weight is 269 g/mol. The zero-order valence-electron chi connectivity index (χ0n) is 11.6. The number of nitrogens with zero attached hydrogens (tertiary/aromatic N) is 2. The SMILES string of the molecule is COCC(Cn1cncc1C(N)C1CCOC1)OC. The molecule has 1 fully saturated rings. The zero-order chi connectivity index (χ0) is 13.7. The monoisotopic (exact) mass is 269 g/mol. The van der Waals surface area contributed by atoms with E-state index in [0.29, 0.717) is 19.1 Å². The van der Waals surface area contributed by atoms with Gasteiger partial charge in [-0.3, -0.25) is 0 Å². The van der Waals surface area contributed by atoms with Crippen molar-refractivity contribution in [3.63, 3.8) is 0 Å². The summed E-state index contributed by atoms with van der Waals surface area (Å²) in [6.07, 6.45) is 4.65. The molecular weight excluding hydrogens is 246 g/mol. The topological polar surface area (TPSA) is 71.5 Å². The van der Waals surface area contributed by atoms with Crippen LogP contribution in [0, 0.1) is 5.92 Å². The van der Waals surface area contributed by atoms with Gasteiger partial charge in [0.2, 0.25) is 0 Å². The maximum atomic E-state index is 6.32. The molecule has 0 saturated carbocycles. The lowest BCUT2D eigenvalue weighted by Gasteiger charge is -2.22. The van der Waals surface area contributed by atoms with Crippen LogP contribution < -0.4 is 5.73 Å². The molecule has 19 heavy (non-hydrogen) atoms. The van der Waals surface area contributed by atoms with Crippen molar-refractivity contribution in [1.29, 1.82) is 0 Å². The molecule has 1 saturated heterocycles. The Bertz CT molecular complexity index is 377. The summed E-state index contributed by atoms with van der Waals surface area (Å²) in [6.45, 7) is 2.78. The molecule has 2 heterocycles. The van der Waals surface area contributed by atoms with Crippen LogP contribution in [0.25, 0.3) is 0 Å². The summed E-state index contributed by atoms with van der Waals surface area (Å²) in [5.74, 6) is 0.374. The van der Waals surface area contributed by atoms with Crippen molar-refractivity contribution in [2.75, 3.05) is 34.0 Å². The highest BCUT2D eigenvalue weighted by molar-refractivity contribution is 5.07. The van der Waals surface area contributed by atoms with E-state index in [1.54, 1.807) is 20.5 Å². The van der Waals surface area contributed by atoms with Gasteiger partial charge in [-0.15, -0.1) is 0 Å². The molecule has 2 N–H and O–H groups in total. The lowest BCUT2D eigenvalue weighted by atomic mass is 9.97. The Morgan fingerprint density at radius 1 is 1.58 bits per heavy atom. The van der Waals surface area contributed by atoms with E-state index in [4.69, 9.17) is 19.9 Å². The van der Waals surface area contributed by atoms with E-state index in [9.17, 15) is 0 Å². The second-order valence-electron chi connectivity index (χ2n) is 4.93. The summed E-state index contributed by atoms with van der Waals surface area (Å²) in [5.41, 5.74) is 7.36. The Labute approximate surface area is 113 Å². The van der Waals surface area contributed by atoms with Crippen molar-refractivity contribution < 1.29 is 14.2 Å². The molecule has 1 aliphatic heterocycles. The second-order valence-corrected chi connectivity index (χ2v) is 4.93. The predicted molar refractivity (Wildman–Crippen MR) is 70.8 cm³/mol. The molecule has 0 bridgehead atoms. The molecule has 6 heteroatoms. The Morgan fingerprint density at radius 2 is 2.42 bits per heavy atom. The van der Waals surface area contributed by atoms with E-state index in [2.05, 4.69) is 9.55 Å². The van der Waals surface area contributed by atoms with Crippen LogP contribution >= 0.6 is 0 Å². The highest BCUT2D eigenvalue weighted by Crippen LogP contribution is 2.26. The van der Waals surface area contributed by atoms with Gasteiger partial charge in [0.1, 0.15) is 0 Å². The largest absolute Gasteiger partial charge is 0.382 e. The Balaban J connectivity index is 2.03. The van der Waals surface area contributed by atoms with Crippen molar-refractivity contribution >= 4 is 0 Å². The number of rotatable bonds is 7. The third-order valence-electron chi connectivity index (χ3n) is 3.65. The minimum atomic E-state index is -0.0370. The first-order valence-corrected chi connectivity index (χ1v) is 6.61. The molecule has 0 amide bonds. The fourth-order valence-electron chi connectivity index (χ4n) is 2.44. The third-order valence-corrected chi connectivity index (χ3v) is 3.65. The van der Waals surface area contributed by atoms with Crippen LogP contribution in [0.4, 0.5) is 0 Å². The summed E-state index contributed by atoms with van der Waals surface area (Å²) in [5, 5.41) is 0. The van der Waals surface area contributed by atoms with Gasteiger partial charge in [0.25, 0.3) is 0 Å². The van der Waals surface area contributed by atoms with Gasteiger partial charge in [0.05, 0.1) is 43.9 Å².